The zero-order valence-corrected chi connectivity index (χ0v) is 11.2. The molecule has 19 heavy (non-hydrogen) atoms. The van der Waals surface area contributed by atoms with Gasteiger partial charge in [0.1, 0.15) is 12.8 Å². The summed E-state index contributed by atoms with van der Waals surface area (Å²) in [6.07, 6.45) is 2.55. The first-order valence-electron chi connectivity index (χ1n) is 5.46. The molecule has 0 aliphatic heterocycles. The van der Waals surface area contributed by atoms with E-state index in [1.54, 1.807) is 19.0 Å². The Morgan fingerprint density at radius 3 is 2.00 bits per heavy atom. The molecule has 0 saturated carbocycles. The summed E-state index contributed by atoms with van der Waals surface area (Å²) in [5.74, 6) is -1.39. The molecule has 0 heterocycles. The first-order chi connectivity index (χ1) is 8.86. The number of carbonyl (C=O) groups excluding carboxylic acids is 4. The molecule has 0 bridgehead atoms. The monoisotopic (exact) mass is 270 g/mol. The van der Waals surface area contributed by atoms with Gasteiger partial charge in [0.05, 0.1) is 6.54 Å². The lowest BCUT2D eigenvalue weighted by Gasteiger charge is -2.15. The number of hydrogen-bond donors (Lipinski definition) is 2. The van der Waals surface area contributed by atoms with Crippen LogP contribution in [0.3, 0.4) is 0 Å². The molecule has 2 N–H and O–H groups in total. The summed E-state index contributed by atoms with van der Waals surface area (Å²) in [5.41, 5.74) is 4.39. The fourth-order valence-electron chi connectivity index (χ4n) is 1.05. The van der Waals surface area contributed by atoms with Crippen LogP contribution in [0.1, 0.15) is 0 Å². The highest BCUT2D eigenvalue weighted by Gasteiger charge is 2.11. The Bertz CT molecular complexity index is 379. The number of nitrogens with zero attached hydrogens (tertiary/aromatic N) is 2. The lowest BCUT2D eigenvalue weighted by molar-refractivity contribution is -0.133. The van der Waals surface area contributed by atoms with Crippen molar-refractivity contribution in [1.82, 2.24) is 20.7 Å². The Morgan fingerprint density at radius 1 is 1.00 bits per heavy atom. The van der Waals surface area contributed by atoms with Crippen LogP contribution in [0, 0.1) is 0 Å². The van der Waals surface area contributed by atoms with Crippen molar-refractivity contribution in [3.63, 3.8) is 0 Å². The van der Waals surface area contributed by atoms with E-state index in [4.69, 9.17) is 0 Å². The third kappa shape index (κ3) is 8.50. The molecule has 0 spiro atoms. The van der Waals surface area contributed by atoms with Crippen LogP contribution in [0.15, 0.2) is 12.2 Å². The summed E-state index contributed by atoms with van der Waals surface area (Å²) in [7, 11) is 4.83. The predicted octanol–water partition coefficient (Wildman–Crippen LogP) is -2.09. The topological polar surface area (TPSA) is 98.8 Å². The van der Waals surface area contributed by atoms with Gasteiger partial charge in [0.25, 0.3) is 11.8 Å². The summed E-state index contributed by atoms with van der Waals surface area (Å²) >= 11 is 0. The van der Waals surface area contributed by atoms with Crippen LogP contribution in [0.5, 0.6) is 0 Å². The molecule has 0 unspecified atom stereocenters. The maximum Gasteiger partial charge on any atom is 0.257 e. The third-order valence-corrected chi connectivity index (χ3v) is 1.88. The predicted molar refractivity (Wildman–Crippen MR) is 67.7 cm³/mol. The van der Waals surface area contributed by atoms with E-state index in [0.29, 0.717) is 6.29 Å². The summed E-state index contributed by atoms with van der Waals surface area (Å²) in [5, 5.41) is 0. The fourth-order valence-corrected chi connectivity index (χ4v) is 1.05. The average molecular weight is 270 g/mol. The van der Waals surface area contributed by atoms with Crippen LogP contribution in [0.2, 0.25) is 0 Å². The lowest BCUT2D eigenvalue weighted by Crippen LogP contribution is -2.48. The van der Waals surface area contributed by atoms with Crippen molar-refractivity contribution in [2.45, 2.75) is 0 Å². The smallest absolute Gasteiger partial charge is 0.257 e. The highest BCUT2D eigenvalue weighted by molar-refractivity contribution is 5.93. The first kappa shape index (κ1) is 16.8. The van der Waals surface area contributed by atoms with E-state index < -0.39 is 11.8 Å². The second kappa shape index (κ2) is 8.81. The van der Waals surface area contributed by atoms with Crippen molar-refractivity contribution < 1.29 is 19.2 Å². The zero-order chi connectivity index (χ0) is 14.8. The van der Waals surface area contributed by atoms with Crippen molar-refractivity contribution in [2.75, 3.05) is 34.2 Å². The molecular weight excluding hydrogens is 252 g/mol. The molecule has 8 heteroatoms. The van der Waals surface area contributed by atoms with E-state index in [-0.39, 0.29) is 19.0 Å². The van der Waals surface area contributed by atoms with Crippen molar-refractivity contribution in [1.29, 1.82) is 0 Å². The second-order valence-electron chi connectivity index (χ2n) is 4.02. The van der Waals surface area contributed by atoms with Gasteiger partial charge in [-0.05, 0) is 20.2 Å². The van der Waals surface area contributed by atoms with Crippen LogP contribution < -0.4 is 10.9 Å². The van der Waals surface area contributed by atoms with Crippen molar-refractivity contribution in [3.05, 3.63) is 12.2 Å². The minimum atomic E-state index is -0.539. The van der Waals surface area contributed by atoms with Gasteiger partial charge in [-0.1, -0.05) is 0 Å². The summed E-state index contributed by atoms with van der Waals surface area (Å²) in [6, 6.07) is 0. The van der Waals surface area contributed by atoms with E-state index in [9.17, 15) is 19.2 Å². The maximum atomic E-state index is 11.4. The Balaban J connectivity index is 4.04. The molecule has 0 saturated heterocycles. The second-order valence-corrected chi connectivity index (χ2v) is 4.02. The molecule has 0 aliphatic carbocycles. The number of nitrogens with one attached hydrogen (secondary N) is 2. The van der Waals surface area contributed by atoms with E-state index in [2.05, 4.69) is 10.9 Å². The normalized spacial score (nSPS) is 10.3. The van der Waals surface area contributed by atoms with Crippen molar-refractivity contribution >= 4 is 24.0 Å². The SMILES string of the molecule is CN(C)CC(=O)NNC(=O)CN(C)C(=O)/C=C\C=O. The third-order valence-electron chi connectivity index (χ3n) is 1.88. The highest BCUT2D eigenvalue weighted by atomic mass is 16.2. The van der Waals surface area contributed by atoms with E-state index in [1.807, 2.05) is 0 Å². The van der Waals surface area contributed by atoms with Gasteiger partial charge in [0, 0.05) is 13.1 Å². The molecular formula is C11H18N4O4. The van der Waals surface area contributed by atoms with Gasteiger partial charge >= 0.3 is 0 Å². The van der Waals surface area contributed by atoms with Crippen LogP contribution >= 0.6 is 0 Å². The maximum absolute atomic E-state index is 11.4. The number of rotatable bonds is 6. The zero-order valence-electron chi connectivity index (χ0n) is 11.2. The molecule has 0 atom stereocenters. The van der Waals surface area contributed by atoms with Gasteiger partial charge in [-0.3, -0.25) is 30.0 Å². The number of carbonyl (C=O) groups is 4. The van der Waals surface area contributed by atoms with Crippen LogP contribution in [-0.2, 0) is 19.2 Å². The van der Waals surface area contributed by atoms with Crippen molar-refractivity contribution in [2.24, 2.45) is 0 Å². The summed E-state index contributed by atoms with van der Waals surface area (Å²) < 4.78 is 0. The summed E-state index contributed by atoms with van der Waals surface area (Å²) in [6.45, 7) is -0.0958. The van der Waals surface area contributed by atoms with Crippen LogP contribution in [0.25, 0.3) is 0 Å². The molecule has 106 valence electrons. The molecule has 0 fully saturated rings. The Morgan fingerprint density at radius 2 is 1.53 bits per heavy atom. The molecule has 0 aliphatic rings. The van der Waals surface area contributed by atoms with E-state index in [0.717, 1.165) is 17.1 Å². The molecule has 0 aromatic carbocycles. The van der Waals surface area contributed by atoms with Gasteiger partial charge in [0.15, 0.2) is 0 Å². The molecule has 8 nitrogen and oxygen atoms in total. The largest absolute Gasteiger partial charge is 0.333 e. The van der Waals surface area contributed by atoms with Gasteiger partial charge < -0.3 is 9.80 Å². The summed E-state index contributed by atoms with van der Waals surface area (Å²) in [4.78, 5) is 46.7. The standard InChI is InChI=1S/C11H18N4O4/c1-14(2)7-9(17)12-13-10(18)8-15(3)11(19)5-4-6-16/h4-6H,7-8H2,1-3H3,(H,12,17)(H,13,18)/b5-4-. The quantitative estimate of drug-likeness (QED) is 0.327. The van der Waals surface area contributed by atoms with Gasteiger partial charge in [0.2, 0.25) is 5.91 Å². The fraction of sp³-hybridized carbons (Fsp3) is 0.455. The van der Waals surface area contributed by atoms with Gasteiger partial charge in [-0.2, -0.15) is 0 Å². The first-order valence-corrected chi connectivity index (χ1v) is 5.46. The van der Waals surface area contributed by atoms with Gasteiger partial charge in [-0.15, -0.1) is 0 Å². The number of aldehydes is 1. The van der Waals surface area contributed by atoms with E-state index in [1.165, 1.54) is 7.05 Å². The number of amides is 3. The van der Waals surface area contributed by atoms with Crippen LogP contribution in [0.4, 0.5) is 0 Å². The minimum Gasteiger partial charge on any atom is -0.333 e. The molecule has 3 amide bonds. The van der Waals surface area contributed by atoms with Crippen LogP contribution in [-0.4, -0.2) is 68.0 Å². The number of allylic oxidation sites excluding steroid dienone is 1. The average Bonchev–Trinajstić information content (AvgIpc) is 2.32. The molecule has 0 radical (unpaired) electrons. The lowest BCUT2D eigenvalue weighted by atomic mass is 10.4. The molecule has 0 aromatic heterocycles. The number of likely N-dealkylation sites (N-methyl/N-ethyl adjacent to an activating group) is 2. The molecule has 0 rings (SSSR count). The molecule has 0 aromatic rings. The van der Waals surface area contributed by atoms with E-state index >= 15 is 0 Å². The van der Waals surface area contributed by atoms with Gasteiger partial charge in [-0.25, -0.2) is 0 Å². The minimum absolute atomic E-state index is 0.136. The highest BCUT2D eigenvalue weighted by Crippen LogP contribution is 1.86. The van der Waals surface area contributed by atoms with Crippen molar-refractivity contribution in [3.8, 4) is 0 Å². The number of hydrogen-bond acceptors (Lipinski definition) is 5. The Hall–Kier alpha value is -2.22. The Labute approximate surface area is 111 Å². The Kier molecular flexibility index (Phi) is 7.78. The number of hydrazine groups is 1.